The molecule has 132 valence electrons. The van der Waals surface area contributed by atoms with E-state index in [0.29, 0.717) is 11.7 Å². The molecule has 2 heterocycles. The Morgan fingerprint density at radius 2 is 1.71 bits per heavy atom. The molecule has 10 nitrogen and oxygen atoms in total. The zero-order chi connectivity index (χ0) is 18.6. The topological polar surface area (TPSA) is 170 Å². The van der Waals surface area contributed by atoms with Gasteiger partial charge in [0.25, 0.3) is 0 Å². The Morgan fingerprint density at radius 1 is 1.17 bits per heavy atom. The smallest absolute Gasteiger partial charge is 0.414 e. The van der Waals surface area contributed by atoms with Gasteiger partial charge < -0.3 is 21.7 Å². The Balaban J connectivity index is 0.000000413. The van der Waals surface area contributed by atoms with Crippen LogP contribution in [0.15, 0.2) is 0 Å². The number of nitrogen functional groups attached to an aromatic ring is 2. The second-order valence-electron chi connectivity index (χ2n) is 5.49. The molecule has 0 aliphatic carbocycles. The quantitative estimate of drug-likeness (QED) is 0.398. The number of nitrogens with zero attached hydrogens (tertiary/aromatic N) is 4. The minimum absolute atomic E-state index is 0.189. The highest BCUT2D eigenvalue weighted by atomic mass is 127. The maximum Gasteiger partial charge on any atom is 0.414 e. The summed E-state index contributed by atoms with van der Waals surface area (Å²) in [6.07, 6.45) is 1.02. The van der Waals surface area contributed by atoms with E-state index in [0.717, 1.165) is 21.2 Å². The fraction of sp³-hybridized carbons (Fsp3) is 0.462. The van der Waals surface area contributed by atoms with Gasteiger partial charge in [-0.3, -0.25) is 0 Å². The highest BCUT2D eigenvalue weighted by Gasteiger charge is 2.19. The molecule has 2 aromatic rings. The fourth-order valence-corrected chi connectivity index (χ4v) is 2.88. The number of nitrogens with two attached hydrogens (primary N) is 2. The van der Waals surface area contributed by atoms with Gasteiger partial charge >= 0.3 is 11.9 Å². The van der Waals surface area contributed by atoms with Crippen LogP contribution in [0.1, 0.15) is 33.2 Å². The Kier molecular flexibility index (Phi) is 6.69. The third kappa shape index (κ3) is 4.91. The summed E-state index contributed by atoms with van der Waals surface area (Å²) < 4.78 is 2.71. The number of fused-ring (bicyclic) bond motifs is 1. The number of anilines is 2. The predicted molar refractivity (Wildman–Crippen MR) is 96.3 cm³/mol. The first-order valence-corrected chi connectivity index (χ1v) is 8.05. The van der Waals surface area contributed by atoms with Crippen molar-refractivity contribution in [2.75, 3.05) is 11.5 Å². The number of aliphatic carboxylic acids is 2. The van der Waals surface area contributed by atoms with Crippen LogP contribution in [0, 0.1) is 9.62 Å². The second kappa shape index (κ2) is 8.08. The molecule has 6 N–H and O–H groups in total. The maximum absolute atomic E-state index is 9.10. The predicted octanol–water partition coefficient (Wildman–Crippen LogP) is 1.36. The van der Waals surface area contributed by atoms with Crippen molar-refractivity contribution in [2.24, 2.45) is 5.92 Å². The van der Waals surface area contributed by atoms with Crippen LogP contribution in [-0.2, 0) is 9.59 Å². The van der Waals surface area contributed by atoms with E-state index in [4.69, 9.17) is 31.3 Å². The Labute approximate surface area is 151 Å². The minimum Gasteiger partial charge on any atom is -0.473 e. The summed E-state index contributed by atoms with van der Waals surface area (Å²) in [5, 5.41) is 20.1. The van der Waals surface area contributed by atoms with Gasteiger partial charge in [0.2, 0.25) is 5.95 Å². The molecule has 11 heteroatoms. The van der Waals surface area contributed by atoms with E-state index in [1.54, 1.807) is 0 Å². The number of carbonyl (C=O) groups is 2. The van der Waals surface area contributed by atoms with E-state index < -0.39 is 11.9 Å². The van der Waals surface area contributed by atoms with Crippen molar-refractivity contribution >= 4 is 57.3 Å². The van der Waals surface area contributed by atoms with Crippen LogP contribution in [0.2, 0.25) is 0 Å². The van der Waals surface area contributed by atoms with Crippen LogP contribution in [0.3, 0.4) is 0 Å². The normalized spacial score (nSPS) is 11.9. The average molecular weight is 450 g/mol. The van der Waals surface area contributed by atoms with Crippen molar-refractivity contribution < 1.29 is 19.8 Å². The molecule has 2 aromatic heterocycles. The number of hydrogen-bond acceptors (Lipinski definition) is 7. The summed E-state index contributed by atoms with van der Waals surface area (Å²) in [5.74, 6) is -2.47. The highest BCUT2D eigenvalue weighted by molar-refractivity contribution is 14.1. The Bertz CT molecular complexity index is 748. The van der Waals surface area contributed by atoms with Gasteiger partial charge in [-0.2, -0.15) is 15.1 Å². The molecule has 0 aromatic carbocycles. The molecule has 1 atom stereocenters. The van der Waals surface area contributed by atoms with E-state index in [1.807, 2.05) is 4.68 Å². The van der Waals surface area contributed by atoms with Crippen molar-refractivity contribution in [3.8, 4) is 0 Å². The zero-order valence-corrected chi connectivity index (χ0v) is 15.6. The molecule has 0 aliphatic rings. The summed E-state index contributed by atoms with van der Waals surface area (Å²) in [7, 11) is 0. The summed E-state index contributed by atoms with van der Waals surface area (Å²) in [4.78, 5) is 26.4. The Hall–Kier alpha value is -2.18. The summed E-state index contributed by atoms with van der Waals surface area (Å²) >= 11 is 2.15. The van der Waals surface area contributed by atoms with Gasteiger partial charge in [0.1, 0.15) is 9.52 Å². The summed E-state index contributed by atoms with van der Waals surface area (Å²) in [5.41, 5.74) is 12.3. The number of carboxylic acid groups (broad SMARTS) is 2. The maximum atomic E-state index is 9.10. The van der Waals surface area contributed by atoms with Gasteiger partial charge in [0.05, 0.1) is 11.4 Å². The van der Waals surface area contributed by atoms with Crippen LogP contribution >= 0.6 is 22.6 Å². The van der Waals surface area contributed by atoms with E-state index in [1.165, 1.54) is 0 Å². The molecule has 24 heavy (non-hydrogen) atoms. The fourth-order valence-electron chi connectivity index (χ4n) is 2.13. The second-order valence-corrected chi connectivity index (χ2v) is 6.51. The van der Waals surface area contributed by atoms with Crippen LogP contribution in [0.4, 0.5) is 11.8 Å². The molecule has 0 aliphatic heterocycles. The first kappa shape index (κ1) is 19.9. The molecular weight excluding hydrogens is 431 g/mol. The lowest BCUT2D eigenvalue weighted by atomic mass is 10.1. The molecule has 0 unspecified atom stereocenters. The highest BCUT2D eigenvalue weighted by Crippen LogP contribution is 2.28. The monoisotopic (exact) mass is 450 g/mol. The van der Waals surface area contributed by atoms with Gasteiger partial charge in [-0.25, -0.2) is 14.3 Å². The molecule has 0 amide bonds. The van der Waals surface area contributed by atoms with E-state index in [-0.39, 0.29) is 12.0 Å². The van der Waals surface area contributed by atoms with Crippen LogP contribution in [-0.4, -0.2) is 41.9 Å². The van der Waals surface area contributed by atoms with Crippen molar-refractivity contribution in [3.63, 3.8) is 0 Å². The largest absolute Gasteiger partial charge is 0.473 e. The minimum atomic E-state index is -1.82. The van der Waals surface area contributed by atoms with Crippen LogP contribution < -0.4 is 11.5 Å². The van der Waals surface area contributed by atoms with E-state index in [9.17, 15) is 0 Å². The third-order valence-electron chi connectivity index (χ3n) is 2.97. The van der Waals surface area contributed by atoms with Crippen molar-refractivity contribution in [1.29, 1.82) is 0 Å². The molecule has 0 saturated carbocycles. The zero-order valence-electron chi connectivity index (χ0n) is 13.4. The number of carboxylic acids is 2. The van der Waals surface area contributed by atoms with Crippen LogP contribution in [0.25, 0.3) is 11.0 Å². The number of aromatic nitrogens is 4. The number of rotatable bonds is 3. The van der Waals surface area contributed by atoms with E-state index in [2.05, 4.69) is 58.4 Å². The van der Waals surface area contributed by atoms with Gasteiger partial charge in [0, 0.05) is 0 Å². The molecular formula is C13H19IN6O4. The first-order chi connectivity index (χ1) is 11.0. The lowest BCUT2D eigenvalue weighted by Crippen LogP contribution is -2.11. The molecule has 2 rings (SSSR count). The summed E-state index contributed by atoms with van der Waals surface area (Å²) in [6.45, 7) is 6.49. The van der Waals surface area contributed by atoms with E-state index >= 15 is 0 Å². The Morgan fingerprint density at radius 3 is 2.17 bits per heavy atom. The van der Waals surface area contributed by atoms with Crippen molar-refractivity contribution in [3.05, 3.63) is 3.70 Å². The number of hydrogen-bond donors (Lipinski definition) is 4. The van der Waals surface area contributed by atoms with Gasteiger partial charge in [-0.05, 0) is 41.9 Å². The molecule has 0 spiro atoms. The van der Waals surface area contributed by atoms with Crippen LogP contribution in [0.5, 0.6) is 0 Å². The van der Waals surface area contributed by atoms with Gasteiger partial charge in [-0.15, -0.1) is 0 Å². The lowest BCUT2D eigenvalue weighted by Gasteiger charge is -2.15. The SMILES string of the molecule is CC(C)C[C@H](C)n1nc(I)c2c(N)nc(N)nc21.O=C(O)C(=O)O. The first-order valence-electron chi connectivity index (χ1n) is 6.97. The molecule has 0 radical (unpaired) electrons. The molecule has 0 fully saturated rings. The standard InChI is InChI=1S/C11H17IN6.C2H2O4/c1-5(2)4-6(3)18-10-7(8(12)17-18)9(13)15-11(14)16-10;3-1(4)2(5)6/h5-6H,4H2,1-3H3,(H4,13,14,15,16);(H,3,4)(H,5,6)/t6-;/m0./s1. The van der Waals surface area contributed by atoms with Crippen molar-refractivity contribution in [2.45, 2.75) is 33.2 Å². The van der Waals surface area contributed by atoms with Gasteiger partial charge in [-0.1, -0.05) is 13.8 Å². The average Bonchev–Trinajstić information content (AvgIpc) is 2.75. The van der Waals surface area contributed by atoms with Gasteiger partial charge in [0.15, 0.2) is 5.65 Å². The third-order valence-corrected chi connectivity index (χ3v) is 3.72. The lowest BCUT2D eigenvalue weighted by molar-refractivity contribution is -0.159. The molecule has 0 bridgehead atoms. The molecule has 0 saturated heterocycles. The number of halogens is 1. The van der Waals surface area contributed by atoms with Crippen molar-refractivity contribution in [1.82, 2.24) is 19.7 Å². The summed E-state index contributed by atoms with van der Waals surface area (Å²) in [6, 6.07) is 0.254.